The molecule has 1 aromatic rings. The highest BCUT2D eigenvalue weighted by atomic mass is 14.7. The average Bonchev–Trinajstić information content (AvgIpc) is 2.69. The molecule has 80 valence electrons. The first kappa shape index (κ1) is 13.2. The molecule has 1 nitrogen and oxygen atoms in total. The molecule has 1 aliphatic carbocycles. The maximum Gasteiger partial charge on any atom is -0.0167 e. The monoisotopic (exact) mass is 193 g/mol. The van der Waals surface area contributed by atoms with E-state index in [1.807, 2.05) is 27.9 Å². The third-order valence-corrected chi connectivity index (χ3v) is 2.01. The Morgan fingerprint density at radius 3 is 1.64 bits per heavy atom. The van der Waals surface area contributed by atoms with E-state index in [9.17, 15) is 0 Å². The molecule has 0 atom stereocenters. The summed E-state index contributed by atoms with van der Waals surface area (Å²) >= 11 is 0. The van der Waals surface area contributed by atoms with Crippen molar-refractivity contribution in [2.75, 3.05) is 14.1 Å². The molecule has 0 aliphatic heterocycles. The lowest BCUT2D eigenvalue weighted by Gasteiger charge is -1.93. The van der Waals surface area contributed by atoms with Crippen LogP contribution in [0.25, 0.3) is 0 Å². The molecule has 1 N–H and O–H groups in total. The van der Waals surface area contributed by atoms with E-state index in [4.69, 9.17) is 0 Å². The van der Waals surface area contributed by atoms with Crippen LogP contribution in [0.4, 0.5) is 0 Å². The van der Waals surface area contributed by atoms with Gasteiger partial charge in [0.1, 0.15) is 0 Å². The van der Waals surface area contributed by atoms with Crippen molar-refractivity contribution < 1.29 is 0 Å². The Kier molecular flexibility index (Phi) is 8.25. The van der Waals surface area contributed by atoms with Crippen LogP contribution in [-0.4, -0.2) is 14.1 Å². The van der Waals surface area contributed by atoms with Gasteiger partial charge in [0.2, 0.25) is 0 Å². The molecule has 1 aliphatic rings. The molecule has 1 aromatic carbocycles. The van der Waals surface area contributed by atoms with Crippen molar-refractivity contribution in [2.45, 2.75) is 33.1 Å². The van der Waals surface area contributed by atoms with Crippen molar-refractivity contribution in [3.05, 3.63) is 35.4 Å². The first-order valence-electron chi connectivity index (χ1n) is 5.53. The van der Waals surface area contributed by atoms with E-state index >= 15 is 0 Å². The van der Waals surface area contributed by atoms with Crippen molar-refractivity contribution in [3.63, 3.8) is 0 Å². The zero-order valence-electron chi connectivity index (χ0n) is 9.93. The summed E-state index contributed by atoms with van der Waals surface area (Å²) in [6, 6.07) is 8.74. The molecule has 2 rings (SSSR count). The van der Waals surface area contributed by atoms with Crippen molar-refractivity contribution in [2.24, 2.45) is 0 Å². The van der Waals surface area contributed by atoms with Crippen LogP contribution >= 0.6 is 0 Å². The van der Waals surface area contributed by atoms with E-state index < -0.39 is 0 Å². The highest BCUT2D eigenvalue weighted by molar-refractivity contribution is 5.30. The molecule has 0 unspecified atom stereocenters. The van der Waals surface area contributed by atoms with Crippen LogP contribution in [0, 0.1) is 0 Å². The third kappa shape index (κ3) is 4.43. The van der Waals surface area contributed by atoms with Crippen LogP contribution in [-0.2, 0) is 12.8 Å². The van der Waals surface area contributed by atoms with Gasteiger partial charge in [-0.2, -0.15) is 0 Å². The lowest BCUT2D eigenvalue weighted by molar-refractivity contribution is 0.912. The van der Waals surface area contributed by atoms with Gasteiger partial charge in [-0.15, -0.1) is 0 Å². The Bertz CT molecular complexity index is 207. The summed E-state index contributed by atoms with van der Waals surface area (Å²) < 4.78 is 0. The SMILES string of the molecule is CC.CNC.c1ccc2c(c1)CCC2. The Labute approximate surface area is 88.5 Å². The summed E-state index contributed by atoms with van der Waals surface area (Å²) in [5.41, 5.74) is 3.13. The number of fused-ring (bicyclic) bond motifs is 1. The van der Waals surface area contributed by atoms with Crippen molar-refractivity contribution in [1.82, 2.24) is 5.32 Å². The summed E-state index contributed by atoms with van der Waals surface area (Å²) in [6.07, 6.45) is 3.96. The second-order valence-electron chi connectivity index (χ2n) is 3.12. The molecule has 0 aromatic heterocycles. The predicted octanol–water partition coefficient (Wildman–Crippen LogP) is 3.04. The second-order valence-corrected chi connectivity index (χ2v) is 3.12. The topological polar surface area (TPSA) is 12.0 Å². The maximum absolute atomic E-state index is 2.75. The van der Waals surface area contributed by atoms with Gasteiger partial charge >= 0.3 is 0 Å². The van der Waals surface area contributed by atoms with Gasteiger partial charge in [0.05, 0.1) is 0 Å². The van der Waals surface area contributed by atoms with Crippen LogP contribution in [0.3, 0.4) is 0 Å². The minimum Gasteiger partial charge on any atom is -0.323 e. The van der Waals surface area contributed by atoms with Gasteiger partial charge in [-0.1, -0.05) is 38.1 Å². The molecule has 0 saturated heterocycles. The van der Waals surface area contributed by atoms with Crippen LogP contribution < -0.4 is 5.32 Å². The van der Waals surface area contributed by atoms with E-state index in [-0.39, 0.29) is 0 Å². The van der Waals surface area contributed by atoms with Crippen molar-refractivity contribution in [1.29, 1.82) is 0 Å². The Hall–Kier alpha value is -0.820. The van der Waals surface area contributed by atoms with E-state index in [1.165, 1.54) is 19.3 Å². The summed E-state index contributed by atoms with van der Waals surface area (Å²) in [6.45, 7) is 4.00. The van der Waals surface area contributed by atoms with Crippen molar-refractivity contribution in [3.8, 4) is 0 Å². The van der Waals surface area contributed by atoms with Gasteiger partial charge in [-0.25, -0.2) is 0 Å². The van der Waals surface area contributed by atoms with Gasteiger partial charge in [0.15, 0.2) is 0 Å². The number of nitrogens with one attached hydrogen (secondary N) is 1. The summed E-state index contributed by atoms with van der Waals surface area (Å²) in [4.78, 5) is 0. The van der Waals surface area contributed by atoms with E-state index in [2.05, 4.69) is 29.6 Å². The fourth-order valence-corrected chi connectivity index (χ4v) is 1.51. The lowest BCUT2D eigenvalue weighted by atomic mass is 10.1. The number of rotatable bonds is 0. The highest BCUT2D eigenvalue weighted by Crippen LogP contribution is 2.20. The molecule has 0 saturated carbocycles. The van der Waals surface area contributed by atoms with Gasteiger partial charge in [0, 0.05) is 0 Å². The summed E-state index contributed by atoms with van der Waals surface area (Å²) in [5, 5.41) is 2.75. The molecule has 14 heavy (non-hydrogen) atoms. The standard InChI is InChI=1S/C9H10.C2H7N.C2H6/c1-2-5-9-7-3-6-8(9)4-1;1-3-2;1-2/h1-2,4-5H,3,6-7H2;3H,1-2H3;1-2H3. The second kappa shape index (κ2) is 8.76. The predicted molar refractivity (Wildman–Crippen MR) is 64.8 cm³/mol. The van der Waals surface area contributed by atoms with E-state index in [0.29, 0.717) is 0 Å². The number of hydrogen-bond donors (Lipinski definition) is 1. The molecule has 0 radical (unpaired) electrons. The lowest BCUT2D eigenvalue weighted by Crippen LogP contribution is -1.89. The number of benzene rings is 1. The minimum absolute atomic E-state index is 1.30. The molecule has 1 heteroatoms. The zero-order valence-corrected chi connectivity index (χ0v) is 9.93. The fraction of sp³-hybridized carbons (Fsp3) is 0.538. The molecule has 0 bridgehead atoms. The fourth-order valence-electron chi connectivity index (χ4n) is 1.51. The van der Waals surface area contributed by atoms with E-state index in [1.54, 1.807) is 11.1 Å². The molecular weight excluding hydrogens is 170 g/mol. The smallest absolute Gasteiger partial charge is 0.0167 e. The maximum atomic E-state index is 2.75. The largest absolute Gasteiger partial charge is 0.323 e. The first-order chi connectivity index (χ1) is 6.88. The molecule has 0 heterocycles. The third-order valence-electron chi connectivity index (χ3n) is 2.01. The molecule has 0 spiro atoms. The van der Waals surface area contributed by atoms with Crippen LogP contribution in [0.5, 0.6) is 0 Å². The number of hydrogen-bond acceptors (Lipinski definition) is 1. The molecule has 0 amide bonds. The summed E-state index contributed by atoms with van der Waals surface area (Å²) in [7, 11) is 3.75. The Morgan fingerprint density at radius 1 is 0.929 bits per heavy atom. The van der Waals surface area contributed by atoms with Gasteiger partial charge < -0.3 is 5.32 Å². The van der Waals surface area contributed by atoms with Gasteiger partial charge in [0.25, 0.3) is 0 Å². The van der Waals surface area contributed by atoms with E-state index in [0.717, 1.165) is 0 Å². The first-order valence-corrected chi connectivity index (χ1v) is 5.53. The summed E-state index contributed by atoms with van der Waals surface area (Å²) in [5.74, 6) is 0. The minimum atomic E-state index is 1.30. The zero-order chi connectivity index (χ0) is 10.8. The molecular formula is C13H23N. The average molecular weight is 193 g/mol. The highest BCUT2D eigenvalue weighted by Gasteiger charge is 2.07. The quantitative estimate of drug-likeness (QED) is 0.668. The number of aryl methyl sites for hydroxylation is 2. The normalized spacial score (nSPS) is 11.7. The van der Waals surface area contributed by atoms with Gasteiger partial charge in [-0.3, -0.25) is 0 Å². The Balaban J connectivity index is 0.000000294. The van der Waals surface area contributed by atoms with Crippen LogP contribution in [0.1, 0.15) is 31.4 Å². The van der Waals surface area contributed by atoms with Crippen LogP contribution in [0.15, 0.2) is 24.3 Å². The van der Waals surface area contributed by atoms with Crippen LogP contribution in [0.2, 0.25) is 0 Å². The van der Waals surface area contributed by atoms with Gasteiger partial charge in [-0.05, 0) is 44.5 Å². The van der Waals surface area contributed by atoms with Crippen molar-refractivity contribution >= 4 is 0 Å². The molecule has 0 fully saturated rings. The Morgan fingerprint density at radius 2 is 1.29 bits per heavy atom.